The summed E-state index contributed by atoms with van der Waals surface area (Å²) in [6.45, 7) is 3.70. The molecule has 2 N–H and O–H groups in total. The third kappa shape index (κ3) is 5.65. The number of amides is 1. The third-order valence-electron chi connectivity index (χ3n) is 4.38. The number of hydrogen-bond acceptors (Lipinski definition) is 3. The highest BCUT2D eigenvalue weighted by Gasteiger charge is 2.12. The molecule has 1 aromatic carbocycles. The molecular formula is C17H26Cl2N4O. The van der Waals surface area contributed by atoms with Crippen LogP contribution in [0.25, 0.3) is 11.0 Å². The lowest BCUT2D eigenvalue weighted by Gasteiger charge is -2.22. The van der Waals surface area contributed by atoms with Crippen molar-refractivity contribution in [2.75, 3.05) is 19.6 Å². The molecule has 1 fully saturated rings. The Hall–Kier alpha value is -1.30. The fraction of sp³-hybridized carbons (Fsp3) is 0.529. The number of aryl methyl sites for hydroxylation is 1. The molecule has 0 aliphatic carbocycles. The van der Waals surface area contributed by atoms with Gasteiger partial charge in [-0.15, -0.1) is 24.8 Å². The number of fused-ring (bicyclic) bond motifs is 1. The first-order chi connectivity index (χ1) is 10.8. The van der Waals surface area contributed by atoms with Crippen LogP contribution in [-0.4, -0.2) is 35.1 Å². The van der Waals surface area contributed by atoms with Crippen LogP contribution in [0.15, 0.2) is 30.6 Å². The van der Waals surface area contributed by atoms with E-state index in [2.05, 4.69) is 15.6 Å². The van der Waals surface area contributed by atoms with Crippen molar-refractivity contribution in [2.24, 2.45) is 5.92 Å². The Kier molecular flexibility index (Phi) is 9.11. The van der Waals surface area contributed by atoms with E-state index in [4.69, 9.17) is 0 Å². The monoisotopic (exact) mass is 372 g/mol. The number of carbonyl (C=O) groups is 1. The van der Waals surface area contributed by atoms with Gasteiger partial charge in [0.05, 0.1) is 17.4 Å². The van der Waals surface area contributed by atoms with Crippen LogP contribution in [0.4, 0.5) is 0 Å². The van der Waals surface area contributed by atoms with Crippen molar-refractivity contribution in [3.05, 3.63) is 30.6 Å². The molecule has 1 aromatic heterocycles. The Morgan fingerprint density at radius 2 is 2.17 bits per heavy atom. The molecule has 0 radical (unpaired) electrons. The number of aromatic nitrogens is 2. The third-order valence-corrected chi connectivity index (χ3v) is 4.38. The Balaban J connectivity index is 0.00000144. The van der Waals surface area contributed by atoms with Gasteiger partial charge < -0.3 is 15.2 Å². The van der Waals surface area contributed by atoms with Crippen molar-refractivity contribution >= 4 is 41.8 Å². The summed E-state index contributed by atoms with van der Waals surface area (Å²) in [5.74, 6) is 0.841. The van der Waals surface area contributed by atoms with E-state index in [0.717, 1.165) is 37.1 Å². The molecule has 5 nitrogen and oxygen atoms in total. The van der Waals surface area contributed by atoms with Gasteiger partial charge in [0, 0.05) is 19.5 Å². The molecule has 2 heterocycles. The first-order valence-corrected chi connectivity index (χ1v) is 8.20. The van der Waals surface area contributed by atoms with Crippen LogP contribution in [0, 0.1) is 5.92 Å². The molecule has 0 spiro atoms. The summed E-state index contributed by atoms with van der Waals surface area (Å²) in [7, 11) is 0. The number of imidazole rings is 1. The minimum Gasteiger partial charge on any atom is -0.356 e. The highest BCUT2D eigenvalue weighted by atomic mass is 35.5. The first kappa shape index (κ1) is 20.7. The molecule has 3 rings (SSSR count). The molecule has 2 aromatic rings. The van der Waals surface area contributed by atoms with Crippen LogP contribution >= 0.6 is 24.8 Å². The SMILES string of the molecule is Cl.Cl.O=C(CCn1cnc2ccccc21)NCCC1CCCNC1. The van der Waals surface area contributed by atoms with Gasteiger partial charge in [0.25, 0.3) is 0 Å². The number of para-hydroxylation sites is 2. The van der Waals surface area contributed by atoms with E-state index in [0.29, 0.717) is 18.9 Å². The number of nitrogens with one attached hydrogen (secondary N) is 2. The minimum absolute atomic E-state index is 0. The average Bonchev–Trinajstić information content (AvgIpc) is 2.97. The van der Waals surface area contributed by atoms with Gasteiger partial charge in [-0.25, -0.2) is 4.98 Å². The van der Waals surface area contributed by atoms with E-state index >= 15 is 0 Å². The summed E-state index contributed by atoms with van der Waals surface area (Å²) in [6, 6.07) is 8.01. The maximum Gasteiger partial charge on any atom is 0.221 e. The Morgan fingerprint density at radius 1 is 1.33 bits per heavy atom. The number of halogens is 2. The molecule has 1 saturated heterocycles. The Labute approximate surface area is 155 Å². The van der Waals surface area contributed by atoms with Crippen LogP contribution in [0.5, 0.6) is 0 Å². The number of benzene rings is 1. The fourth-order valence-electron chi connectivity index (χ4n) is 3.08. The molecule has 1 atom stereocenters. The summed E-state index contributed by atoms with van der Waals surface area (Å²) in [4.78, 5) is 16.3. The number of nitrogens with zero attached hydrogens (tertiary/aromatic N) is 2. The van der Waals surface area contributed by atoms with E-state index in [1.165, 1.54) is 12.8 Å². The predicted octanol–water partition coefficient (Wildman–Crippen LogP) is 2.78. The molecule has 1 aliphatic heterocycles. The fourth-order valence-corrected chi connectivity index (χ4v) is 3.08. The summed E-state index contributed by atoms with van der Waals surface area (Å²) < 4.78 is 2.04. The predicted molar refractivity (Wildman–Crippen MR) is 102 cm³/mol. The van der Waals surface area contributed by atoms with E-state index < -0.39 is 0 Å². The van der Waals surface area contributed by atoms with Gasteiger partial charge in [0.1, 0.15) is 0 Å². The quantitative estimate of drug-likeness (QED) is 0.819. The highest BCUT2D eigenvalue weighted by molar-refractivity contribution is 5.85. The van der Waals surface area contributed by atoms with Crippen molar-refractivity contribution in [3.8, 4) is 0 Å². The zero-order chi connectivity index (χ0) is 15.2. The molecule has 1 aliphatic rings. The Bertz CT molecular complexity index is 626. The van der Waals surface area contributed by atoms with E-state index in [1.807, 2.05) is 35.2 Å². The van der Waals surface area contributed by atoms with Gasteiger partial charge in [-0.2, -0.15) is 0 Å². The Morgan fingerprint density at radius 3 is 2.96 bits per heavy atom. The zero-order valence-corrected chi connectivity index (χ0v) is 15.4. The molecule has 24 heavy (non-hydrogen) atoms. The van der Waals surface area contributed by atoms with Gasteiger partial charge in [-0.1, -0.05) is 12.1 Å². The van der Waals surface area contributed by atoms with E-state index in [-0.39, 0.29) is 30.7 Å². The summed E-state index contributed by atoms with van der Waals surface area (Å²) in [5.41, 5.74) is 2.07. The molecule has 0 saturated carbocycles. The number of rotatable bonds is 6. The second-order valence-electron chi connectivity index (χ2n) is 6.03. The summed E-state index contributed by atoms with van der Waals surface area (Å²) >= 11 is 0. The van der Waals surface area contributed by atoms with Gasteiger partial charge in [0.2, 0.25) is 5.91 Å². The smallest absolute Gasteiger partial charge is 0.221 e. The van der Waals surface area contributed by atoms with Gasteiger partial charge in [0.15, 0.2) is 0 Å². The number of carbonyl (C=O) groups excluding carboxylic acids is 1. The maximum absolute atomic E-state index is 12.0. The largest absolute Gasteiger partial charge is 0.356 e. The molecule has 1 amide bonds. The summed E-state index contributed by atoms with van der Waals surface area (Å²) in [6.07, 6.45) is 5.93. The molecular weight excluding hydrogens is 347 g/mol. The van der Waals surface area contributed by atoms with Crippen LogP contribution in [-0.2, 0) is 11.3 Å². The normalized spacial score (nSPS) is 16.9. The van der Waals surface area contributed by atoms with Crippen LogP contribution in [0.2, 0.25) is 0 Å². The van der Waals surface area contributed by atoms with Crippen molar-refractivity contribution in [1.82, 2.24) is 20.2 Å². The second kappa shape index (κ2) is 10.5. The molecule has 1 unspecified atom stereocenters. The van der Waals surface area contributed by atoms with Crippen molar-refractivity contribution in [2.45, 2.75) is 32.2 Å². The maximum atomic E-state index is 12.0. The zero-order valence-electron chi connectivity index (χ0n) is 13.7. The molecule has 134 valence electrons. The number of hydrogen-bond donors (Lipinski definition) is 2. The lowest BCUT2D eigenvalue weighted by molar-refractivity contribution is -0.121. The van der Waals surface area contributed by atoms with E-state index in [9.17, 15) is 4.79 Å². The van der Waals surface area contributed by atoms with E-state index in [1.54, 1.807) is 0 Å². The van der Waals surface area contributed by atoms with Gasteiger partial charge >= 0.3 is 0 Å². The van der Waals surface area contributed by atoms with Crippen LogP contribution < -0.4 is 10.6 Å². The van der Waals surface area contributed by atoms with Gasteiger partial charge in [-0.05, 0) is 50.4 Å². The number of piperidine rings is 1. The van der Waals surface area contributed by atoms with Crippen molar-refractivity contribution in [3.63, 3.8) is 0 Å². The van der Waals surface area contributed by atoms with Crippen LogP contribution in [0.1, 0.15) is 25.7 Å². The molecule has 7 heteroatoms. The standard InChI is InChI=1S/C17H24N4O.2ClH/c22-17(19-10-7-14-4-3-9-18-12-14)8-11-21-13-20-15-5-1-2-6-16(15)21;;/h1-2,5-6,13-14,18H,3-4,7-12H2,(H,19,22);2*1H. The minimum atomic E-state index is 0. The van der Waals surface area contributed by atoms with Crippen LogP contribution in [0.3, 0.4) is 0 Å². The summed E-state index contributed by atoms with van der Waals surface area (Å²) in [5, 5.41) is 6.45. The lowest BCUT2D eigenvalue weighted by atomic mass is 9.96. The topological polar surface area (TPSA) is 59.0 Å². The first-order valence-electron chi connectivity index (χ1n) is 8.20. The van der Waals surface area contributed by atoms with Crippen molar-refractivity contribution < 1.29 is 4.79 Å². The highest BCUT2D eigenvalue weighted by Crippen LogP contribution is 2.13. The average molecular weight is 373 g/mol. The van der Waals surface area contributed by atoms with Crippen molar-refractivity contribution in [1.29, 1.82) is 0 Å². The molecule has 0 bridgehead atoms. The lowest BCUT2D eigenvalue weighted by Crippen LogP contribution is -2.33. The van der Waals surface area contributed by atoms with Gasteiger partial charge in [-0.3, -0.25) is 4.79 Å². The second-order valence-corrected chi connectivity index (χ2v) is 6.03.